The largest absolute Gasteiger partial charge is 0.508 e. The number of allylic oxidation sites excluding steroid dienone is 2. The molecule has 2 aromatic rings. The quantitative estimate of drug-likeness (QED) is 0.135. The number of aromatic hydroxyl groups is 4. The van der Waals surface area contributed by atoms with Crippen LogP contribution in [0.1, 0.15) is 108 Å². The molecule has 0 bridgehead atoms. The molecular weight excluding hydrogens is 436 g/mol. The highest BCUT2D eigenvalue weighted by molar-refractivity contribution is 5.47. The van der Waals surface area contributed by atoms with Crippen LogP contribution < -0.4 is 0 Å². The highest BCUT2D eigenvalue weighted by Crippen LogP contribution is 2.30. The van der Waals surface area contributed by atoms with E-state index in [9.17, 15) is 20.4 Å². The van der Waals surface area contributed by atoms with Gasteiger partial charge in [-0.1, -0.05) is 75.9 Å². The Kier molecular flexibility index (Phi) is 13.2. The van der Waals surface area contributed by atoms with Gasteiger partial charge in [-0.15, -0.1) is 0 Å². The number of phenolic OH excluding ortho intramolecular Hbond substituents is 4. The topological polar surface area (TPSA) is 80.9 Å². The molecule has 0 aliphatic rings. The minimum atomic E-state index is 0.140. The molecule has 4 nitrogen and oxygen atoms in total. The first-order valence-electron chi connectivity index (χ1n) is 13.5. The maximum absolute atomic E-state index is 10.2. The molecule has 0 spiro atoms. The Balaban J connectivity index is 1.43. The molecule has 2 aromatic carbocycles. The van der Waals surface area contributed by atoms with Crippen molar-refractivity contribution in [3.63, 3.8) is 0 Å². The number of hydrogen-bond acceptors (Lipinski definition) is 4. The Morgan fingerprint density at radius 1 is 0.543 bits per heavy atom. The number of benzene rings is 2. The summed E-state index contributed by atoms with van der Waals surface area (Å²) in [6.07, 6.45) is 19.3. The summed E-state index contributed by atoms with van der Waals surface area (Å²) in [6, 6.07) is 8.46. The fourth-order valence-electron chi connectivity index (χ4n) is 4.58. The van der Waals surface area contributed by atoms with Crippen LogP contribution in [0.5, 0.6) is 23.0 Å². The van der Waals surface area contributed by atoms with Gasteiger partial charge in [0.25, 0.3) is 0 Å². The molecule has 0 amide bonds. The average molecular weight is 483 g/mol. The highest BCUT2D eigenvalue weighted by atomic mass is 16.3. The molecule has 0 saturated heterocycles. The lowest BCUT2D eigenvalue weighted by Gasteiger charge is -2.09. The van der Waals surface area contributed by atoms with Crippen LogP contribution in [0, 0.1) is 0 Å². The van der Waals surface area contributed by atoms with E-state index in [1.54, 1.807) is 12.1 Å². The summed E-state index contributed by atoms with van der Waals surface area (Å²) >= 11 is 0. The van der Waals surface area contributed by atoms with Crippen LogP contribution in [0.2, 0.25) is 0 Å². The van der Waals surface area contributed by atoms with Crippen molar-refractivity contribution in [2.45, 2.75) is 110 Å². The molecule has 0 aliphatic carbocycles. The van der Waals surface area contributed by atoms with Crippen molar-refractivity contribution in [1.82, 2.24) is 0 Å². The molecule has 35 heavy (non-hydrogen) atoms. The zero-order valence-electron chi connectivity index (χ0n) is 21.9. The van der Waals surface area contributed by atoms with Gasteiger partial charge in [0.05, 0.1) is 0 Å². The summed E-state index contributed by atoms with van der Waals surface area (Å²) in [7, 11) is 0. The van der Waals surface area contributed by atoms with Gasteiger partial charge >= 0.3 is 0 Å². The van der Waals surface area contributed by atoms with Crippen LogP contribution in [-0.4, -0.2) is 20.4 Å². The van der Waals surface area contributed by atoms with Gasteiger partial charge in [-0.25, -0.2) is 0 Å². The summed E-state index contributed by atoms with van der Waals surface area (Å²) in [5.74, 6) is 0.686. The third kappa shape index (κ3) is 12.1. The number of rotatable bonds is 17. The van der Waals surface area contributed by atoms with Gasteiger partial charge in [-0.3, -0.25) is 0 Å². The molecule has 0 aromatic heterocycles. The summed E-state index contributed by atoms with van der Waals surface area (Å²) in [5, 5.41) is 39.5. The Bertz CT molecular complexity index is 869. The molecule has 4 N–H and O–H groups in total. The van der Waals surface area contributed by atoms with Crippen molar-refractivity contribution in [2.75, 3.05) is 0 Å². The monoisotopic (exact) mass is 482 g/mol. The van der Waals surface area contributed by atoms with Gasteiger partial charge in [0.2, 0.25) is 0 Å². The molecule has 2 rings (SSSR count). The molecule has 0 heterocycles. The predicted molar refractivity (Wildman–Crippen MR) is 145 cm³/mol. The Morgan fingerprint density at radius 3 is 1.31 bits per heavy atom. The predicted octanol–water partition coefficient (Wildman–Crippen LogP) is 8.48. The minimum Gasteiger partial charge on any atom is -0.508 e. The van der Waals surface area contributed by atoms with E-state index in [2.05, 4.69) is 0 Å². The molecule has 0 fully saturated rings. The van der Waals surface area contributed by atoms with Crippen LogP contribution in [-0.2, 0) is 19.3 Å². The second-order valence-corrected chi connectivity index (χ2v) is 10.2. The first-order chi connectivity index (χ1) is 16.8. The van der Waals surface area contributed by atoms with E-state index in [0.717, 1.165) is 36.8 Å². The number of unbranched alkanes of at least 4 members (excludes halogenated alkanes) is 11. The second-order valence-electron chi connectivity index (χ2n) is 10.2. The van der Waals surface area contributed by atoms with Gasteiger partial charge in [0.15, 0.2) is 0 Å². The summed E-state index contributed by atoms with van der Waals surface area (Å²) < 4.78 is 0. The number of aryl methyl sites for hydroxylation is 2. The average Bonchev–Trinajstić information content (AvgIpc) is 2.78. The van der Waals surface area contributed by atoms with Crippen LogP contribution in [0.4, 0.5) is 0 Å². The van der Waals surface area contributed by atoms with E-state index < -0.39 is 0 Å². The second kappa shape index (κ2) is 16.1. The van der Waals surface area contributed by atoms with Gasteiger partial charge in [-0.05, 0) is 81.3 Å². The van der Waals surface area contributed by atoms with Gasteiger partial charge in [-0.2, -0.15) is 0 Å². The number of phenols is 4. The zero-order chi connectivity index (χ0) is 25.5. The van der Waals surface area contributed by atoms with Crippen molar-refractivity contribution in [3.05, 3.63) is 58.7 Å². The summed E-state index contributed by atoms with van der Waals surface area (Å²) in [6.45, 7) is 4.03. The van der Waals surface area contributed by atoms with E-state index >= 15 is 0 Å². The van der Waals surface area contributed by atoms with Crippen LogP contribution in [0.3, 0.4) is 0 Å². The first kappa shape index (κ1) is 28.6. The Morgan fingerprint density at radius 2 is 0.914 bits per heavy atom. The van der Waals surface area contributed by atoms with Crippen LogP contribution >= 0.6 is 0 Å². The smallest absolute Gasteiger partial charge is 0.123 e. The lowest BCUT2D eigenvalue weighted by Crippen LogP contribution is -1.91. The van der Waals surface area contributed by atoms with Crippen molar-refractivity contribution >= 4 is 0 Å². The van der Waals surface area contributed by atoms with E-state index in [4.69, 9.17) is 0 Å². The standard InChI is InChI=1S/C31H46O4/c1-24(2)17-18-29-30(34)21-26(22-31(29)35)16-14-12-10-8-6-4-3-5-7-9-11-13-15-25-19-27(32)23-28(33)20-25/h17,19-23,32-35H,3-16,18H2,1-2H3. The maximum Gasteiger partial charge on any atom is 0.123 e. The third-order valence-corrected chi connectivity index (χ3v) is 6.62. The lowest BCUT2D eigenvalue weighted by atomic mass is 10.00. The fraction of sp³-hybridized carbons (Fsp3) is 0.548. The van der Waals surface area contributed by atoms with Crippen LogP contribution in [0.25, 0.3) is 0 Å². The highest BCUT2D eigenvalue weighted by Gasteiger charge is 2.09. The van der Waals surface area contributed by atoms with Crippen LogP contribution in [0.15, 0.2) is 42.0 Å². The van der Waals surface area contributed by atoms with E-state index in [0.29, 0.717) is 12.0 Å². The maximum atomic E-state index is 10.2. The molecule has 194 valence electrons. The van der Waals surface area contributed by atoms with E-state index in [1.165, 1.54) is 75.8 Å². The minimum absolute atomic E-state index is 0.140. The molecule has 0 radical (unpaired) electrons. The van der Waals surface area contributed by atoms with Gasteiger partial charge in [0.1, 0.15) is 23.0 Å². The molecule has 0 unspecified atom stereocenters. The van der Waals surface area contributed by atoms with Crippen molar-refractivity contribution < 1.29 is 20.4 Å². The normalized spacial score (nSPS) is 11.0. The summed E-state index contributed by atoms with van der Waals surface area (Å²) in [4.78, 5) is 0. The summed E-state index contributed by atoms with van der Waals surface area (Å²) in [5.41, 5.74) is 3.81. The molecular formula is C31H46O4. The SMILES string of the molecule is CC(C)=CCc1c(O)cc(CCCCCCCCCCCCCCc2cc(O)cc(O)c2)cc1O. The van der Waals surface area contributed by atoms with Crippen molar-refractivity contribution in [3.8, 4) is 23.0 Å². The molecule has 4 heteroatoms. The third-order valence-electron chi connectivity index (χ3n) is 6.62. The van der Waals surface area contributed by atoms with Gasteiger partial charge < -0.3 is 20.4 Å². The first-order valence-corrected chi connectivity index (χ1v) is 13.5. The lowest BCUT2D eigenvalue weighted by molar-refractivity contribution is 0.439. The Hall–Kier alpha value is -2.62. The number of hydrogen-bond donors (Lipinski definition) is 4. The zero-order valence-corrected chi connectivity index (χ0v) is 21.9. The molecule has 0 atom stereocenters. The molecule has 0 saturated carbocycles. The van der Waals surface area contributed by atoms with Crippen molar-refractivity contribution in [1.29, 1.82) is 0 Å². The molecule has 0 aliphatic heterocycles. The van der Waals surface area contributed by atoms with E-state index in [-0.39, 0.29) is 23.0 Å². The Labute approximate surface area is 212 Å². The van der Waals surface area contributed by atoms with Crippen molar-refractivity contribution in [2.24, 2.45) is 0 Å². The van der Waals surface area contributed by atoms with Gasteiger partial charge in [0, 0.05) is 11.6 Å². The fourth-order valence-corrected chi connectivity index (χ4v) is 4.58. The van der Waals surface area contributed by atoms with E-state index in [1.807, 2.05) is 32.1 Å².